The Morgan fingerprint density at radius 1 is 1.45 bits per heavy atom. The summed E-state index contributed by atoms with van der Waals surface area (Å²) in [5.41, 5.74) is -1.04. The van der Waals surface area contributed by atoms with E-state index < -0.39 is 34.9 Å². The fraction of sp³-hybridized carbons (Fsp3) is 0.273. The zero-order valence-corrected chi connectivity index (χ0v) is 11.2. The largest absolute Gasteiger partial charge is 0.480 e. The smallest absolute Gasteiger partial charge is 0.416 e. The van der Waals surface area contributed by atoms with Crippen LogP contribution in [-0.2, 0) is 15.8 Å². The van der Waals surface area contributed by atoms with Crippen LogP contribution in [0.4, 0.5) is 18.9 Å². The molecule has 1 N–H and O–H groups in total. The van der Waals surface area contributed by atoms with Crippen LogP contribution in [0.5, 0.6) is 0 Å². The molecule has 1 amide bonds. The van der Waals surface area contributed by atoms with E-state index in [-0.39, 0.29) is 5.69 Å². The molecule has 1 unspecified atom stereocenters. The summed E-state index contributed by atoms with van der Waals surface area (Å²) in [6.45, 7) is -0.739. The summed E-state index contributed by atoms with van der Waals surface area (Å²) in [5.74, 6) is -2.08. The van der Waals surface area contributed by atoms with Crippen LogP contribution in [0, 0.1) is 0 Å². The third-order valence-corrected chi connectivity index (χ3v) is 4.02. The van der Waals surface area contributed by atoms with Crippen molar-refractivity contribution in [3.05, 3.63) is 23.8 Å². The maximum absolute atomic E-state index is 12.7. The normalized spacial score (nSPS) is 18.9. The molecule has 9 heteroatoms. The SMILES string of the molecule is O=C(O)CN1C(=O)C(Cl)Sc2ccc(C(F)(F)F)cc21. The number of carboxylic acid groups (broad SMARTS) is 1. The number of thioether (sulfide) groups is 1. The Kier molecular flexibility index (Phi) is 3.88. The molecule has 1 aliphatic rings. The standard InChI is InChI=1S/C11H7ClF3NO3S/c12-9-10(19)16(4-8(17)18)6-3-5(11(13,14)15)1-2-7(6)20-9/h1-3,9H,4H2,(H,17,18). The van der Waals surface area contributed by atoms with Crippen LogP contribution in [0.2, 0.25) is 0 Å². The molecular weight excluding hydrogens is 319 g/mol. The van der Waals surface area contributed by atoms with Crippen molar-refractivity contribution in [1.29, 1.82) is 0 Å². The minimum atomic E-state index is -4.57. The molecule has 0 radical (unpaired) electrons. The fourth-order valence-electron chi connectivity index (χ4n) is 1.71. The van der Waals surface area contributed by atoms with Gasteiger partial charge in [-0.3, -0.25) is 14.5 Å². The Bertz CT molecular complexity index is 579. The molecule has 1 aliphatic heterocycles. The molecule has 0 aliphatic carbocycles. The second-order valence-electron chi connectivity index (χ2n) is 3.93. The average Bonchev–Trinajstić information content (AvgIpc) is 2.33. The predicted octanol–water partition coefficient (Wildman–Crippen LogP) is 2.79. The molecular formula is C11H7ClF3NO3S. The number of hydrogen-bond acceptors (Lipinski definition) is 3. The summed E-state index contributed by atoms with van der Waals surface area (Å²) in [6.07, 6.45) is -4.57. The zero-order chi connectivity index (χ0) is 15.1. The molecule has 0 fully saturated rings. The zero-order valence-electron chi connectivity index (χ0n) is 9.65. The Balaban J connectivity index is 2.51. The molecule has 1 aromatic carbocycles. The molecule has 2 rings (SSSR count). The Labute approximate surface area is 120 Å². The average molecular weight is 326 g/mol. The number of nitrogens with zero attached hydrogens (tertiary/aromatic N) is 1. The van der Waals surface area contributed by atoms with E-state index in [1.54, 1.807) is 0 Å². The molecule has 1 atom stereocenters. The molecule has 4 nitrogen and oxygen atoms in total. The Morgan fingerprint density at radius 2 is 2.10 bits per heavy atom. The highest BCUT2D eigenvalue weighted by Gasteiger charge is 2.37. The Hall–Kier alpha value is -1.41. The first-order chi connectivity index (χ1) is 9.20. The minimum absolute atomic E-state index is 0.0888. The van der Waals surface area contributed by atoms with E-state index in [1.807, 2.05) is 0 Å². The van der Waals surface area contributed by atoms with E-state index in [2.05, 4.69) is 0 Å². The number of halogens is 4. The van der Waals surface area contributed by atoms with Gasteiger partial charge in [-0.1, -0.05) is 23.4 Å². The number of alkyl halides is 4. The van der Waals surface area contributed by atoms with E-state index in [0.717, 1.165) is 28.8 Å². The van der Waals surface area contributed by atoms with Gasteiger partial charge in [0.2, 0.25) is 0 Å². The monoisotopic (exact) mass is 325 g/mol. The third kappa shape index (κ3) is 2.85. The molecule has 0 spiro atoms. The highest BCUT2D eigenvalue weighted by molar-refractivity contribution is 8.02. The van der Waals surface area contributed by atoms with Crippen molar-refractivity contribution in [2.24, 2.45) is 0 Å². The number of hydrogen-bond donors (Lipinski definition) is 1. The number of fused-ring (bicyclic) bond motifs is 1. The van der Waals surface area contributed by atoms with E-state index in [9.17, 15) is 22.8 Å². The molecule has 1 heterocycles. The summed E-state index contributed by atoms with van der Waals surface area (Å²) in [7, 11) is 0. The van der Waals surface area contributed by atoms with Crippen molar-refractivity contribution in [2.45, 2.75) is 15.8 Å². The first-order valence-electron chi connectivity index (χ1n) is 5.25. The van der Waals surface area contributed by atoms with E-state index in [0.29, 0.717) is 4.90 Å². The first kappa shape index (κ1) is 15.0. The van der Waals surface area contributed by atoms with E-state index in [1.165, 1.54) is 6.07 Å². The number of rotatable bonds is 2. The van der Waals surface area contributed by atoms with Gasteiger partial charge in [0.15, 0.2) is 4.71 Å². The second kappa shape index (κ2) is 5.17. The lowest BCUT2D eigenvalue weighted by atomic mass is 10.1. The lowest BCUT2D eigenvalue weighted by Crippen LogP contribution is -2.42. The number of carbonyl (C=O) groups is 2. The molecule has 0 saturated carbocycles. The van der Waals surface area contributed by atoms with Crippen LogP contribution in [0.3, 0.4) is 0 Å². The highest BCUT2D eigenvalue weighted by Crippen LogP contribution is 2.43. The second-order valence-corrected chi connectivity index (χ2v) is 5.77. The summed E-state index contributed by atoms with van der Waals surface area (Å²) in [6, 6.07) is 2.80. The van der Waals surface area contributed by atoms with Crippen LogP contribution in [-0.4, -0.2) is 28.2 Å². The van der Waals surface area contributed by atoms with Gasteiger partial charge in [0.05, 0.1) is 11.3 Å². The van der Waals surface area contributed by atoms with Gasteiger partial charge in [-0.15, -0.1) is 0 Å². The van der Waals surface area contributed by atoms with Crippen LogP contribution in [0.25, 0.3) is 0 Å². The van der Waals surface area contributed by atoms with Crippen LogP contribution in [0.1, 0.15) is 5.56 Å². The van der Waals surface area contributed by atoms with Crippen LogP contribution < -0.4 is 4.90 Å². The topological polar surface area (TPSA) is 57.6 Å². The molecule has 0 aromatic heterocycles. The van der Waals surface area contributed by atoms with Crippen LogP contribution in [0.15, 0.2) is 23.1 Å². The summed E-state index contributed by atoms with van der Waals surface area (Å²) >= 11 is 6.64. The van der Waals surface area contributed by atoms with Gasteiger partial charge in [-0.2, -0.15) is 13.2 Å². The third-order valence-electron chi connectivity index (χ3n) is 2.56. The number of carboxylic acids is 1. The maximum atomic E-state index is 12.7. The molecule has 0 bridgehead atoms. The van der Waals surface area contributed by atoms with Crippen molar-refractivity contribution >= 4 is 40.9 Å². The van der Waals surface area contributed by atoms with E-state index >= 15 is 0 Å². The molecule has 108 valence electrons. The van der Waals surface area contributed by atoms with Crippen molar-refractivity contribution < 1.29 is 27.9 Å². The molecule has 0 saturated heterocycles. The van der Waals surface area contributed by atoms with E-state index in [4.69, 9.17) is 16.7 Å². The van der Waals surface area contributed by atoms with Crippen LogP contribution >= 0.6 is 23.4 Å². The van der Waals surface area contributed by atoms with Gasteiger partial charge >= 0.3 is 12.1 Å². The van der Waals surface area contributed by atoms with Crippen molar-refractivity contribution in [1.82, 2.24) is 0 Å². The number of benzene rings is 1. The Morgan fingerprint density at radius 3 is 2.65 bits per heavy atom. The number of aliphatic carboxylic acids is 1. The summed E-state index contributed by atoms with van der Waals surface area (Å²) in [5, 5.41) is 8.76. The van der Waals surface area contributed by atoms with Gasteiger partial charge in [-0.25, -0.2) is 0 Å². The van der Waals surface area contributed by atoms with Gasteiger partial charge in [-0.05, 0) is 18.2 Å². The first-order valence-corrected chi connectivity index (χ1v) is 6.57. The number of carbonyl (C=O) groups excluding carboxylic acids is 1. The number of anilines is 1. The molecule has 1 aromatic rings. The summed E-state index contributed by atoms with van der Waals surface area (Å²) in [4.78, 5) is 23.6. The van der Waals surface area contributed by atoms with Gasteiger partial charge in [0.1, 0.15) is 6.54 Å². The lowest BCUT2D eigenvalue weighted by molar-refractivity contribution is -0.137. The predicted molar refractivity (Wildman–Crippen MR) is 66.9 cm³/mol. The summed E-state index contributed by atoms with van der Waals surface area (Å²) < 4.78 is 36.9. The van der Waals surface area contributed by atoms with Crippen molar-refractivity contribution in [3.8, 4) is 0 Å². The fourth-order valence-corrected chi connectivity index (χ4v) is 3.00. The quantitative estimate of drug-likeness (QED) is 0.850. The van der Waals surface area contributed by atoms with Gasteiger partial charge < -0.3 is 5.11 Å². The molecule has 20 heavy (non-hydrogen) atoms. The highest BCUT2D eigenvalue weighted by atomic mass is 35.5. The van der Waals surface area contributed by atoms with Gasteiger partial charge in [0.25, 0.3) is 5.91 Å². The number of amides is 1. The van der Waals surface area contributed by atoms with Gasteiger partial charge in [0, 0.05) is 4.90 Å². The minimum Gasteiger partial charge on any atom is -0.480 e. The van der Waals surface area contributed by atoms with Crippen molar-refractivity contribution in [3.63, 3.8) is 0 Å². The lowest BCUT2D eigenvalue weighted by Gasteiger charge is -2.30. The van der Waals surface area contributed by atoms with Crippen molar-refractivity contribution in [2.75, 3.05) is 11.4 Å². The maximum Gasteiger partial charge on any atom is 0.416 e.